The lowest BCUT2D eigenvalue weighted by atomic mass is 10.0. The molecule has 0 aromatic heterocycles. The van der Waals surface area contributed by atoms with Crippen LogP contribution in [0.1, 0.15) is 27.0 Å². The third-order valence-corrected chi connectivity index (χ3v) is 4.13. The average molecular weight is 351 g/mol. The lowest BCUT2D eigenvalue weighted by Crippen LogP contribution is -2.13. The van der Waals surface area contributed by atoms with E-state index in [-0.39, 0.29) is 5.91 Å². The van der Waals surface area contributed by atoms with Crippen LogP contribution in [0.3, 0.4) is 0 Å². The third-order valence-electron chi connectivity index (χ3n) is 2.86. The molecule has 2 N–H and O–H groups in total. The lowest BCUT2D eigenvalue weighted by Gasteiger charge is -2.08. The van der Waals surface area contributed by atoms with Gasteiger partial charge in [-0.05, 0) is 53.1 Å². The number of primary amides is 1. The van der Waals surface area contributed by atoms with Crippen molar-refractivity contribution in [1.29, 1.82) is 0 Å². The van der Waals surface area contributed by atoms with Crippen molar-refractivity contribution >= 4 is 28.5 Å². The van der Waals surface area contributed by atoms with E-state index in [0.717, 1.165) is 15.6 Å². The maximum absolute atomic E-state index is 11.3. The van der Waals surface area contributed by atoms with Crippen molar-refractivity contribution in [3.05, 3.63) is 68.3 Å². The van der Waals surface area contributed by atoms with E-state index >= 15 is 0 Å². The van der Waals surface area contributed by atoms with Crippen molar-refractivity contribution in [3.63, 3.8) is 0 Å². The number of benzene rings is 2. The van der Waals surface area contributed by atoms with Gasteiger partial charge in [0, 0.05) is 3.57 Å². The first-order valence-corrected chi connectivity index (χ1v) is 6.78. The molecule has 3 heteroatoms. The van der Waals surface area contributed by atoms with Crippen LogP contribution in [0.4, 0.5) is 0 Å². The minimum absolute atomic E-state index is 0.370. The molecular formula is C15H14INO. The monoisotopic (exact) mass is 351 g/mol. The Morgan fingerprint density at radius 1 is 1.17 bits per heavy atom. The highest BCUT2D eigenvalue weighted by molar-refractivity contribution is 14.1. The third kappa shape index (κ3) is 2.90. The average Bonchev–Trinajstić information content (AvgIpc) is 2.34. The Morgan fingerprint density at radius 3 is 2.44 bits per heavy atom. The Bertz CT molecular complexity index is 576. The Morgan fingerprint density at radius 2 is 1.83 bits per heavy atom. The van der Waals surface area contributed by atoms with Crippen LogP contribution < -0.4 is 5.73 Å². The fraction of sp³-hybridized carbons (Fsp3) is 0.133. The van der Waals surface area contributed by atoms with Gasteiger partial charge in [0.2, 0.25) is 5.91 Å². The van der Waals surface area contributed by atoms with Crippen LogP contribution in [0.15, 0.2) is 42.5 Å². The van der Waals surface area contributed by atoms with E-state index in [9.17, 15) is 4.79 Å². The van der Waals surface area contributed by atoms with Crippen molar-refractivity contribution in [1.82, 2.24) is 0 Å². The van der Waals surface area contributed by atoms with Gasteiger partial charge in [0.05, 0.1) is 5.56 Å². The van der Waals surface area contributed by atoms with Crippen LogP contribution in [0.5, 0.6) is 0 Å². The molecule has 1 amide bonds. The largest absolute Gasteiger partial charge is 0.366 e. The zero-order valence-electron chi connectivity index (χ0n) is 10.1. The van der Waals surface area contributed by atoms with Crippen molar-refractivity contribution in [3.8, 4) is 0 Å². The van der Waals surface area contributed by atoms with Crippen molar-refractivity contribution in [2.75, 3.05) is 0 Å². The quantitative estimate of drug-likeness (QED) is 0.848. The summed E-state index contributed by atoms with van der Waals surface area (Å²) < 4.78 is 0.947. The Labute approximate surface area is 120 Å². The molecule has 0 fully saturated rings. The number of aryl methyl sites for hydroxylation is 1. The number of carbonyl (C=O) groups excluding carboxylic acids is 1. The molecule has 0 aliphatic carbocycles. The van der Waals surface area contributed by atoms with E-state index in [1.165, 1.54) is 11.1 Å². The summed E-state index contributed by atoms with van der Waals surface area (Å²) in [6.07, 6.45) is 0.819. The highest BCUT2D eigenvalue weighted by atomic mass is 127. The van der Waals surface area contributed by atoms with E-state index in [2.05, 4.69) is 53.8 Å². The molecule has 2 aromatic rings. The summed E-state index contributed by atoms with van der Waals surface area (Å²) in [4.78, 5) is 11.3. The summed E-state index contributed by atoms with van der Waals surface area (Å²) >= 11 is 2.19. The van der Waals surface area contributed by atoms with Crippen LogP contribution in [-0.2, 0) is 6.42 Å². The van der Waals surface area contributed by atoms with Crippen LogP contribution in [0, 0.1) is 10.5 Å². The molecule has 2 rings (SSSR count). The van der Waals surface area contributed by atoms with E-state index < -0.39 is 0 Å². The van der Waals surface area contributed by atoms with E-state index in [1.54, 1.807) is 6.07 Å². The Hall–Kier alpha value is -1.36. The highest BCUT2D eigenvalue weighted by Gasteiger charge is 2.09. The molecule has 0 heterocycles. The molecule has 18 heavy (non-hydrogen) atoms. The molecule has 0 atom stereocenters. The summed E-state index contributed by atoms with van der Waals surface area (Å²) in [7, 11) is 0. The molecule has 2 nitrogen and oxygen atoms in total. The predicted octanol–water partition coefficient (Wildman–Crippen LogP) is 3.29. The zero-order chi connectivity index (χ0) is 13.1. The van der Waals surface area contributed by atoms with Gasteiger partial charge in [0.1, 0.15) is 0 Å². The first-order chi connectivity index (χ1) is 8.58. The normalized spacial score (nSPS) is 10.3. The number of rotatable bonds is 3. The molecule has 0 saturated carbocycles. The molecule has 92 valence electrons. The molecule has 0 saturated heterocycles. The smallest absolute Gasteiger partial charge is 0.249 e. The van der Waals surface area contributed by atoms with Crippen molar-refractivity contribution in [2.24, 2.45) is 5.73 Å². The highest BCUT2D eigenvalue weighted by Crippen LogP contribution is 2.20. The predicted molar refractivity (Wildman–Crippen MR) is 81.7 cm³/mol. The van der Waals surface area contributed by atoms with Crippen LogP contribution >= 0.6 is 22.6 Å². The van der Waals surface area contributed by atoms with E-state index in [1.807, 2.05) is 12.1 Å². The van der Waals surface area contributed by atoms with Crippen LogP contribution in [-0.4, -0.2) is 5.91 Å². The van der Waals surface area contributed by atoms with Gasteiger partial charge >= 0.3 is 0 Å². The van der Waals surface area contributed by atoms with E-state index in [4.69, 9.17) is 5.73 Å². The van der Waals surface area contributed by atoms with Gasteiger partial charge in [-0.1, -0.05) is 42.0 Å². The summed E-state index contributed by atoms with van der Waals surface area (Å²) in [5.41, 5.74) is 9.57. The molecule has 0 aliphatic rings. The number of halogens is 1. The zero-order valence-corrected chi connectivity index (χ0v) is 12.3. The van der Waals surface area contributed by atoms with Crippen LogP contribution in [0.2, 0.25) is 0 Å². The molecule has 0 aliphatic heterocycles. The Kier molecular flexibility index (Phi) is 4.01. The van der Waals surface area contributed by atoms with Gasteiger partial charge in [0.15, 0.2) is 0 Å². The lowest BCUT2D eigenvalue weighted by molar-refractivity contribution is 0.0999. The topological polar surface area (TPSA) is 43.1 Å². The van der Waals surface area contributed by atoms with Gasteiger partial charge in [-0.25, -0.2) is 0 Å². The minimum atomic E-state index is -0.370. The summed E-state index contributed by atoms with van der Waals surface area (Å²) in [5.74, 6) is -0.370. The van der Waals surface area contributed by atoms with Crippen molar-refractivity contribution < 1.29 is 4.79 Å². The summed E-state index contributed by atoms with van der Waals surface area (Å²) in [5, 5.41) is 0. The number of nitrogens with two attached hydrogens (primary N) is 1. The molecule has 0 radical (unpaired) electrons. The molecule has 0 spiro atoms. The number of hydrogen-bond donors (Lipinski definition) is 1. The van der Waals surface area contributed by atoms with Gasteiger partial charge in [0.25, 0.3) is 0 Å². The van der Waals surface area contributed by atoms with Crippen LogP contribution in [0.25, 0.3) is 0 Å². The number of carbonyl (C=O) groups is 1. The van der Waals surface area contributed by atoms with Gasteiger partial charge in [-0.15, -0.1) is 0 Å². The fourth-order valence-corrected chi connectivity index (χ4v) is 2.65. The maximum atomic E-state index is 11.3. The Balaban J connectivity index is 2.32. The first kappa shape index (κ1) is 13.1. The second-order valence-corrected chi connectivity index (χ2v) is 5.38. The molecular weight excluding hydrogens is 337 g/mol. The summed E-state index contributed by atoms with van der Waals surface area (Å²) in [6, 6.07) is 14.1. The molecule has 0 unspecified atom stereocenters. The number of amides is 1. The minimum Gasteiger partial charge on any atom is -0.366 e. The standard InChI is InChI=1S/C15H14INO/c1-10-5-7-11(8-6-10)9-12-3-2-4-13(14(12)16)15(17)18/h2-8H,9H2,1H3,(H2,17,18). The van der Waals surface area contributed by atoms with E-state index in [0.29, 0.717) is 5.56 Å². The second-order valence-electron chi connectivity index (χ2n) is 4.31. The first-order valence-electron chi connectivity index (χ1n) is 5.70. The second kappa shape index (κ2) is 5.52. The molecule has 0 bridgehead atoms. The van der Waals surface area contributed by atoms with Gasteiger partial charge < -0.3 is 5.73 Å². The van der Waals surface area contributed by atoms with Gasteiger partial charge in [-0.3, -0.25) is 4.79 Å². The van der Waals surface area contributed by atoms with Gasteiger partial charge in [-0.2, -0.15) is 0 Å². The summed E-state index contributed by atoms with van der Waals surface area (Å²) in [6.45, 7) is 2.07. The molecule has 2 aromatic carbocycles. The maximum Gasteiger partial charge on any atom is 0.249 e. The number of hydrogen-bond acceptors (Lipinski definition) is 1. The van der Waals surface area contributed by atoms with Crippen molar-refractivity contribution in [2.45, 2.75) is 13.3 Å². The fourth-order valence-electron chi connectivity index (χ4n) is 1.83. The SMILES string of the molecule is Cc1ccc(Cc2cccc(C(N)=O)c2I)cc1.